The molecular weight excluding hydrogens is 465 g/mol. The molecule has 0 spiro atoms. The van der Waals surface area contributed by atoms with Crippen LogP contribution in [0.3, 0.4) is 0 Å². The van der Waals surface area contributed by atoms with Gasteiger partial charge in [0.25, 0.3) is 0 Å². The van der Waals surface area contributed by atoms with E-state index in [2.05, 4.69) is 29.3 Å². The molecule has 1 aromatic carbocycles. The van der Waals surface area contributed by atoms with Crippen molar-refractivity contribution < 1.29 is 9.47 Å². The van der Waals surface area contributed by atoms with Crippen molar-refractivity contribution in [3.63, 3.8) is 0 Å². The van der Waals surface area contributed by atoms with Crippen LogP contribution in [0.4, 0.5) is 0 Å². The van der Waals surface area contributed by atoms with Gasteiger partial charge in [0, 0.05) is 44.2 Å². The molecule has 1 aliphatic heterocycles. The summed E-state index contributed by atoms with van der Waals surface area (Å²) in [5.74, 6) is 1.58. The summed E-state index contributed by atoms with van der Waals surface area (Å²) in [6.45, 7) is 7.92. The number of nitrogens with zero attached hydrogens (tertiary/aromatic N) is 2. The summed E-state index contributed by atoms with van der Waals surface area (Å²) in [6, 6.07) is 7.99. The number of hydrogen-bond acceptors (Lipinski definition) is 3. The van der Waals surface area contributed by atoms with Gasteiger partial charge in [-0.2, -0.15) is 0 Å². The van der Waals surface area contributed by atoms with Gasteiger partial charge in [-0.3, -0.25) is 4.99 Å². The van der Waals surface area contributed by atoms with E-state index in [1.165, 1.54) is 5.56 Å². The van der Waals surface area contributed by atoms with Crippen LogP contribution in [0.25, 0.3) is 0 Å². The molecule has 0 amide bonds. The summed E-state index contributed by atoms with van der Waals surface area (Å²) in [4.78, 5) is 7.14. The first-order valence-electron chi connectivity index (χ1n) is 9.07. The molecule has 2 rings (SSSR count). The van der Waals surface area contributed by atoms with Crippen molar-refractivity contribution in [2.24, 2.45) is 10.9 Å². The topological polar surface area (TPSA) is 46.1 Å². The molecule has 5 nitrogen and oxygen atoms in total. The summed E-state index contributed by atoms with van der Waals surface area (Å²) < 4.78 is 10.7. The molecule has 148 valence electrons. The Morgan fingerprint density at radius 1 is 1.31 bits per heavy atom. The highest BCUT2D eigenvalue weighted by Crippen LogP contribution is 2.17. The second kappa shape index (κ2) is 13.6. The van der Waals surface area contributed by atoms with Gasteiger partial charge in [-0.25, -0.2) is 0 Å². The fourth-order valence-electron chi connectivity index (χ4n) is 2.92. The average molecular weight is 496 g/mol. The van der Waals surface area contributed by atoms with E-state index in [1.807, 2.05) is 12.1 Å². The van der Waals surface area contributed by atoms with E-state index in [9.17, 15) is 0 Å². The Labute approximate surface area is 179 Å². The number of rotatable bonds is 9. The number of hydrogen-bond donors (Lipinski definition) is 1. The predicted molar refractivity (Wildman–Crippen MR) is 119 cm³/mol. The van der Waals surface area contributed by atoms with Crippen LogP contribution >= 0.6 is 35.6 Å². The molecule has 1 saturated heterocycles. The molecule has 1 atom stereocenters. The SMILES string of the molecule is CCNC(=NCCc1ccc(Cl)cc1)N1CCC(COCCOC)C1.I. The molecule has 1 N–H and O–H groups in total. The minimum Gasteiger partial charge on any atom is -0.382 e. The number of benzene rings is 1. The van der Waals surface area contributed by atoms with E-state index in [1.54, 1.807) is 7.11 Å². The van der Waals surface area contributed by atoms with Crippen LogP contribution in [0.1, 0.15) is 18.9 Å². The van der Waals surface area contributed by atoms with Gasteiger partial charge in [0.1, 0.15) is 0 Å². The van der Waals surface area contributed by atoms with Crippen molar-refractivity contribution in [2.75, 3.05) is 53.1 Å². The standard InChI is InChI=1S/C19H30ClN3O2.HI/c1-3-21-19(22-10-8-16-4-6-18(20)7-5-16)23-11-9-17(14-23)15-25-13-12-24-2;/h4-7,17H,3,8-15H2,1-2H3,(H,21,22);1H. The Hall–Kier alpha value is -0.570. The molecule has 0 radical (unpaired) electrons. The summed E-state index contributed by atoms with van der Waals surface area (Å²) in [5.41, 5.74) is 1.26. The maximum Gasteiger partial charge on any atom is 0.193 e. The van der Waals surface area contributed by atoms with Gasteiger partial charge in [-0.15, -0.1) is 24.0 Å². The Bertz CT molecular complexity index is 528. The van der Waals surface area contributed by atoms with Crippen molar-refractivity contribution >= 4 is 41.5 Å². The third kappa shape index (κ3) is 8.41. The molecule has 0 aliphatic carbocycles. The van der Waals surface area contributed by atoms with Crippen LogP contribution in [-0.2, 0) is 15.9 Å². The summed E-state index contributed by atoms with van der Waals surface area (Å²) in [5, 5.41) is 4.19. The molecule has 7 heteroatoms. The fourth-order valence-corrected chi connectivity index (χ4v) is 3.05. The normalized spacial score (nSPS) is 17.3. The lowest BCUT2D eigenvalue weighted by Gasteiger charge is -2.21. The molecule has 0 saturated carbocycles. The molecule has 0 bridgehead atoms. The molecule has 26 heavy (non-hydrogen) atoms. The lowest BCUT2D eigenvalue weighted by atomic mass is 10.1. The van der Waals surface area contributed by atoms with Gasteiger partial charge in [0.05, 0.1) is 19.8 Å². The molecular formula is C19H31ClIN3O2. The molecule has 0 aromatic heterocycles. The average Bonchev–Trinajstić information content (AvgIpc) is 3.08. The quantitative estimate of drug-likeness (QED) is 0.247. The van der Waals surface area contributed by atoms with E-state index >= 15 is 0 Å². The minimum absolute atomic E-state index is 0. The molecule has 1 aromatic rings. The monoisotopic (exact) mass is 495 g/mol. The van der Waals surface area contributed by atoms with E-state index < -0.39 is 0 Å². The first-order chi connectivity index (χ1) is 12.2. The van der Waals surface area contributed by atoms with Gasteiger partial charge in [-0.1, -0.05) is 23.7 Å². The van der Waals surface area contributed by atoms with Gasteiger partial charge in [-0.05, 0) is 37.5 Å². The van der Waals surface area contributed by atoms with Crippen molar-refractivity contribution in [1.82, 2.24) is 10.2 Å². The second-order valence-electron chi connectivity index (χ2n) is 6.28. The first kappa shape index (κ1) is 23.5. The van der Waals surface area contributed by atoms with E-state index in [-0.39, 0.29) is 24.0 Å². The van der Waals surface area contributed by atoms with Crippen LogP contribution in [0.15, 0.2) is 29.3 Å². The predicted octanol–water partition coefficient (Wildman–Crippen LogP) is 3.45. The van der Waals surface area contributed by atoms with Gasteiger partial charge < -0.3 is 19.7 Å². The van der Waals surface area contributed by atoms with E-state index in [0.717, 1.165) is 56.6 Å². The van der Waals surface area contributed by atoms with Crippen LogP contribution in [0, 0.1) is 5.92 Å². The molecule has 1 fully saturated rings. The van der Waals surface area contributed by atoms with E-state index in [0.29, 0.717) is 19.1 Å². The third-order valence-corrected chi connectivity index (χ3v) is 4.53. The number of ether oxygens (including phenoxy) is 2. The smallest absolute Gasteiger partial charge is 0.193 e. The number of nitrogens with one attached hydrogen (secondary N) is 1. The number of aliphatic imine (C=N–C) groups is 1. The Morgan fingerprint density at radius 3 is 2.77 bits per heavy atom. The van der Waals surface area contributed by atoms with Crippen molar-refractivity contribution in [3.05, 3.63) is 34.9 Å². The minimum atomic E-state index is 0. The number of likely N-dealkylation sites (tertiary alicyclic amines) is 1. The maximum atomic E-state index is 5.93. The summed E-state index contributed by atoms with van der Waals surface area (Å²) >= 11 is 5.93. The molecule has 1 unspecified atom stereocenters. The second-order valence-corrected chi connectivity index (χ2v) is 6.72. The largest absolute Gasteiger partial charge is 0.382 e. The zero-order chi connectivity index (χ0) is 17.9. The Balaban J connectivity index is 0.00000338. The van der Waals surface area contributed by atoms with E-state index in [4.69, 9.17) is 26.1 Å². The van der Waals surface area contributed by atoms with Crippen LogP contribution < -0.4 is 5.32 Å². The fraction of sp³-hybridized carbons (Fsp3) is 0.632. The highest BCUT2D eigenvalue weighted by atomic mass is 127. The van der Waals surface area contributed by atoms with Crippen LogP contribution in [0.2, 0.25) is 5.02 Å². The molecule has 1 heterocycles. The van der Waals surface area contributed by atoms with Crippen LogP contribution in [-0.4, -0.2) is 64.0 Å². The first-order valence-corrected chi connectivity index (χ1v) is 9.45. The van der Waals surface area contributed by atoms with Crippen LogP contribution in [0.5, 0.6) is 0 Å². The maximum absolute atomic E-state index is 5.93. The zero-order valence-corrected chi connectivity index (χ0v) is 18.8. The molecule has 1 aliphatic rings. The summed E-state index contributed by atoms with van der Waals surface area (Å²) in [7, 11) is 1.70. The number of guanidine groups is 1. The van der Waals surface area contributed by atoms with Crippen molar-refractivity contribution in [3.8, 4) is 0 Å². The Kier molecular flexibility index (Phi) is 12.3. The lowest BCUT2D eigenvalue weighted by Crippen LogP contribution is -2.40. The number of methoxy groups -OCH3 is 1. The van der Waals surface area contributed by atoms with Gasteiger partial charge in [0.2, 0.25) is 0 Å². The Morgan fingerprint density at radius 2 is 2.08 bits per heavy atom. The lowest BCUT2D eigenvalue weighted by molar-refractivity contribution is 0.0536. The summed E-state index contributed by atoms with van der Waals surface area (Å²) in [6.07, 6.45) is 2.07. The highest BCUT2D eigenvalue weighted by molar-refractivity contribution is 14.0. The van der Waals surface area contributed by atoms with Crippen molar-refractivity contribution in [1.29, 1.82) is 0 Å². The van der Waals surface area contributed by atoms with Crippen molar-refractivity contribution in [2.45, 2.75) is 19.8 Å². The van der Waals surface area contributed by atoms with Gasteiger partial charge in [0.15, 0.2) is 5.96 Å². The van der Waals surface area contributed by atoms with Gasteiger partial charge >= 0.3 is 0 Å². The zero-order valence-electron chi connectivity index (χ0n) is 15.7. The number of halogens is 2. The third-order valence-electron chi connectivity index (χ3n) is 4.28. The highest BCUT2D eigenvalue weighted by Gasteiger charge is 2.24.